The van der Waals surface area contributed by atoms with Crippen LogP contribution in [-0.4, -0.2) is 53.2 Å². The van der Waals surface area contributed by atoms with E-state index in [9.17, 15) is 19.2 Å². The molecule has 3 aromatic rings. The highest BCUT2D eigenvalue weighted by Gasteiger charge is 2.35. The zero-order valence-corrected chi connectivity index (χ0v) is 26.2. The molecule has 0 aliphatic carbocycles. The van der Waals surface area contributed by atoms with Crippen LogP contribution in [0.1, 0.15) is 29.7 Å². The topological polar surface area (TPSA) is 114 Å². The molecule has 0 unspecified atom stereocenters. The molecule has 0 radical (unpaired) electrons. The Labute approximate surface area is 272 Å². The van der Waals surface area contributed by atoms with Crippen LogP contribution in [0.15, 0.2) is 132 Å². The van der Waals surface area contributed by atoms with E-state index < -0.39 is 23.8 Å². The molecule has 1 aliphatic rings. The van der Waals surface area contributed by atoms with Gasteiger partial charge in [-0.05, 0) is 47.9 Å². The van der Waals surface area contributed by atoms with Crippen molar-refractivity contribution in [2.75, 3.05) is 19.5 Å². The van der Waals surface area contributed by atoms with Crippen LogP contribution < -0.4 is 10.1 Å². The number of benzene rings is 3. The van der Waals surface area contributed by atoms with Crippen LogP contribution in [0.4, 0.5) is 0 Å². The maximum absolute atomic E-state index is 13.8. The summed E-state index contributed by atoms with van der Waals surface area (Å²) in [4.78, 5) is 57.3. The summed E-state index contributed by atoms with van der Waals surface area (Å²) >= 11 is 0.991. The summed E-state index contributed by atoms with van der Waals surface area (Å²) in [7, 11) is 1.27. The predicted molar refractivity (Wildman–Crippen MR) is 180 cm³/mol. The quantitative estimate of drug-likeness (QED) is 0.119. The number of rotatable bonds is 12. The normalized spacial score (nSPS) is 14.4. The summed E-state index contributed by atoms with van der Waals surface area (Å²) in [5, 5.41) is 3.15. The Kier molecular flexibility index (Phi) is 12.0. The Balaban J connectivity index is 1.57. The number of carbonyl (C=O) groups excluding carboxylic acids is 4. The molecule has 1 aliphatic heterocycles. The summed E-state index contributed by atoms with van der Waals surface area (Å²) in [6.07, 6.45) is 8.04. The lowest BCUT2D eigenvalue weighted by molar-refractivity contribution is -0.143. The van der Waals surface area contributed by atoms with Gasteiger partial charge in [0.25, 0.3) is 11.8 Å². The molecule has 9 nitrogen and oxygen atoms in total. The third kappa shape index (κ3) is 8.80. The number of amides is 3. The van der Waals surface area contributed by atoms with Gasteiger partial charge in [0.2, 0.25) is 5.91 Å². The minimum absolute atomic E-state index is 0.0756. The van der Waals surface area contributed by atoms with E-state index in [1.54, 1.807) is 55.5 Å². The van der Waals surface area contributed by atoms with Gasteiger partial charge < -0.3 is 14.8 Å². The van der Waals surface area contributed by atoms with Crippen LogP contribution in [-0.2, 0) is 23.9 Å². The average molecular weight is 636 g/mol. The molecule has 0 fully saturated rings. The standard InChI is InChI=1S/C36H33N3O6S/c1-4-6-17-28(5-2)39-35(43)30(22-25-18-20-29(21-19-25)45-23-32(41)44-3)34(42)38-36(39)46-24-31(40)37-33(26-13-9-7-10-14-26)27-15-11-8-12-16-27/h4-22,33H,1,23-24H2,2-3H3,(H,37,40)/b17-6-,28-5+,30-22+. The van der Waals surface area contributed by atoms with E-state index in [0.717, 1.165) is 22.9 Å². The Morgan fingerprint density at radius 1 is 0.978 bits per heavy atom. The van der Waals surface area contributed by atoms with Crippen molar-refractivity contribution >= 4 is 46.7 Å². The van der Waals surface area contributed by atoms with Gasteiger partial charge in [-0.1, -0.05) is 109 Å². The van der Waals surface area contributed by atoms with E-state index in [-0.39, 0.29) is 29.0 Å². The highest BCUT2D eigenvalue weighted by molar-refractivity contribution is 8.14. The van der Waals surface area contributed by atoms with E-state index in [1.165, 1.54) is 18.1 Å². The van der Waals surface area contributed by atoms with Crippen molar-refractivity contribution in [2.45, 2.75) is 13.0 Å². The number of thioether (sulfide) groups is 1. The number of hydrogen-bond acceptors (Lipinski definition) is 7. The fourth-order valence-electron chi connectivity index (χ4n) is 4.42. The van der Waals surface area contributed by atoms with Crippen molar-refractivity contribution < 1.29 is 28.7 Å². The molecule has 0 spiro atoms. The number of aliphatic imine (C=N–C) groups is 1. The molecule has 0 saturated carbocycles. The van der Waals surface area contributed by atoms with Crippen molar-refractivity contribution in [3.05, 3.63) is 144 Å². The number of allylic oxidation sites excluding steroid dienone is 4. The molecule has 234 valence electrons. The number of esters is 1. The molecule has 10 heteroatoms. The van der Waals surface area contributed by atoms with Crippen molar-refractivity contribution in [2.24, 2.45) is 4.99 Å². The van der Waals surface area contributed by atoms with Gasteiger partial charge in [-0.25, -0.2) is 4.79 Å². The second-order valence-corrected chi connectivity index (χ2v) is 10.7. The lowest BCUT2D eigenvalue weighted by Gasteiger charge is -2.28. The van der Waals surface area contributed by atoms with Gasteiger partial charge in [-0.3, -0.25) is 19.3 Å². The van der Waals surface area contributed by atoms with Crippen molar-refractivity contribution in [1.29, 1.82) is 0 Å². The van der Waals surface area contributed by atoms with Gasteiger partial charge in [0.15, 0.2) is 11.8 Å². The fourth-order valence-corrected chi connectivity index (χ4v) is 5.23. The number of nitrogens with one attached hydrogen (secondary N) is 1. The third-order valence-corrected chi connectivity index (χ3v) is 7.63. The van der Waals surface area contributed by atoms with Gasteiger partial charge in [0, 0.05) is 5.70 Å². The van der Waals surface area contributed by atoms with E-state index >= 15 is 0 Å². The van der Waals surface area contributed by atoms with E-state index in [4.69, 9.17) is 4.74 Å². The van der Waals surface area contributed by atoms with Crippen LogP contribution in [0.5, 0.6) is 5.75 Å². The summed E-state index contributed by atoms with van der Waals surface area (Å²) < 4.78 is 9.93. The van der Waals surface area contributed by atoms with Crippen molar-refractivity contribution in [3.63, 3.8) is 0 Å². The summed E-state index contributed by atoms with van der Waals surface area (Å²) in [6, 6.07) is 25.3. The molecule has 0 atom stereocenters. The summed E-state index contributed by atoms with van der Waals surface area (Å²) in [5.74, 6) is -1.83. The molecule has 3 aromatic carbocycles. The number of hydrogen-bond donors (Lipinski definition) is 1. The largest absolute Gasteiger partial charge is 0.482 e. The molecular formula is C36H33N3O6S. The molecule has 4 rings (SSSR count). The van der Waals surface area contributed by atoms with E-state index in [0.29, 0.717) is 17.0 Å². The van der Waals surface area contributed by atoms with Crippen LogP contribution in [0.25, 0.3) is 6.08 Å². The van der Waals surface area contributed by atoms with Crippen LogP contribution >= 0.6 is 11.8 Å². The monoisotopic (exact) mass is 635 g/mol. The van der Waals surface area contributed by atoms with Gasteiger partial charge >= 0.3 is 5.97 Å². The molecule has 0 bridgehead atoms. The zero-order valence-electron chi connectivity index (χ0n) is 25.4. The Hall–Kier alpha value is -5.48. The first-order chi connectivity index (χ1) is 22.3. The first-order valence-electron chi connectivity index (χ1n) is 14.3. The fraction of sp³-hybridized carbons (Fsp3) is 0.139. The smallest absolute Gasteiger partial charge is 0.343 e. The highest BCUT2D eigenvalue weighted by atomic mass is 32.2. The average Bonchev–Trinajstić information content (AvgIpc) is 3.09. The maximum atomic E-state index is 13.8. The Morgan fingerprint density at radius 3 is 2.17 bits per heavy atom. The first kappa shape index (κ1) is 33.4. The Bertz CT molecular complexity index is 1660. The molecule has 46 heavy (non-hydrogen) atoms. The van der Waals surface area contributed by atoms with Crippen molar-refractivity contribution in [1.82, 2.24) is 10.2 Å². The zero-order chi connectivity index (χ0) is 32.9. The Morgan fingerprint density at radius 2 is 1.61 bits per heavy atom. The molecule has 3 amide bonds. The molecule has 1 N–H and O–H groups in total. The SMILES string of the molecule is C=C/C=C\C(=C/C)N1C(=O)/C(=C/c2ccc(OCC(=O)OC)cc2)C(=O)N=C1SCC(=O)NC(c1ccccc1)c1ccccc1. The molecule has 0 saturated heterocycles. The minimum atomic E-state index is -0.732. The summed E-state index contributed by atoms with van der Waals surface area (Å²) in [6.45, 7) is 5.20. The molecule has 1 heterocycles. The lowest BCUT2D eigenvalue weighted by Crippen LogP contribution is -2.42. The number of nitrogens with zero attached hydrogens (tertiary/aromatic N) is 2. The van der Waals surface area contributed by atoms with Gasteiger partial charge in [0.05, 0.1) is 18.9 Å². The number of amidine groups is 1. The first-order valence-corrected chi connectivity index (χ1v) is 15.3. The van der Waals surface area contributed by atoms with E-state index in [1.807, 2.05) is 60.7 Å². The third-order valence-electron chi connectivity index (χ3n) is 6.69. The van der Waals surface area contributed by atoms with Crippen molar-refractivity contribution in [3.8, 4) is 5.75 Å². The maximum Gasteiger partial charge on any atom is 0.343 e. The van der Waals surface area contributed by atoms with E-state index in [2.05, 4.69) is 21.6 Å². The van der Waals surface area contributed by atoms with Gasteiger partial charge in [-0.2, -0.15) is 4.99 Å². The number of methoxy groups -OCH3 is 1. The van der Waals surface area contributed by atoms with Crippen LogP contribution in [0.2, 0.25) is 0 Å². The van der Waals surface area contributed by atoms with Crippen LogP contribution in [0.3, 0.4) is 0 Å². The summed E-state index contributed by atoms with van der Waals surface area (Å²) in [5.41, 5.74) is 2.67. The molecular weight excluding hydrogens is 602 g/mol. The van der Waals surface area contributed by atoms with Gasteiger partial charge in [-0.15, -0.1) is 0 Å². The lowest BCUT2D eigenvalue weighted by atomic mass is 9.99. The number of carbonyl (C=O) groups is 4. The predicted octanol–water partition coefficient (Wildman–Crippen LogP) is 5.63. The van der Waals surface area contributed by atoms with Crippen LogP contribution in [0, 0.1) is 0 Å². The second kappa shape index (κ2) is 16.6. The number of ether oxygens (including phenoxy) is 2. The highest BCUT2D eigenvalue weighted by Crippen LogP contribution is 2.27. The van der Waals surface area contributed by atoms with Gasteiger partial charge in [0.1, 0.15) is 11.3 Å². The minimum Gasteiger partial charge on any atom is -0.482 e. The second-order valence-electron chi connectivity index (χ2n) is 9.75. The molecule has 0 aromatic heterocycles.